The van der Waals surface area contributed by atoms with E-state index < -0.39 is 0 Å². The van der Waals surface area contributed by atoms with Gasteiger partial charge in [-0.15, -0.1) is 0 Å². The highest BCUT2D eigenvalue weighted by Gasteiger charge is 2.18. The van der Waals surface area contributed by atoms with Gasteiger partial charge >= 0.3 is 0 Å². The minimum Gasteiger partial charge on any atom is -0.258 e. The van der Waals surface area contributed by atoms with Crippen LogP contribution < -0.4 is 0 Å². The number of halogens is 1. The summed E-state index contributed by atoms with van der Waals surface area (Å²) in [5.41, 5.74) is 1.68. The largest absolute Gasteiger partial charge is 0.280 e. The molecule has 2 aromatic rings. The van der Waals surface area contributed by atoms with Crippen molar-refractivity contribution in [2.75, 3.05) is 0 Å². The van der Waals surface area contributed by atoms with Crippen LogP contribution in [0, 0.1) is 24.0 Å². The standard InChI is InChI=1S/C12H10ClNO2/c1-7-4-3-5-9-11(7)10(13)6-8(2)12(9)14(15)16/h3-6H,1-2H3. The Labute approximate surface area is 97.8 Å². The van der Waals surface area contributed by atoms with E-state index in [2.05, 4.69) is 0 Å². The SMILES string of the molecule is Cc1cc(Cl)c2c(C)cccc2c1[N+](=O)[O-]. The third-order valence-electron chi connectivity index (χ3n) is 2.67. The highest BCUT2D eigenvalue weighted by atomic mass is 35.5. The Morgan fingerprint density at radius 2 is 1.94 bits per heavy atom. The fourth-order valence-corrected chi connectivity index (χ4v) is 2.38. The molecular weight excluding hydrogens is 226 g/mol. The lowest BCUT2D eigenvalue weighted by Crippen LogP contribution is -1.94. The smallest absolute Gasteiger partial charge is 0.258 e. The second-order valence-electron chi connectivity index (χ2n) is 3.78. The van der Waals surface area contributed by atoms with Crippen LogP contribution in [0.5, 0.6) is 0 Å². The normalized spacial score (nSPS) is 10.7. The predicted octanol–water partition coefficient (Wildman–Crippen LogP) is 4.02. The number of nitro benzene ring substituents is 1. The lowest BCUT2D eigenvalue weighted by atomic mass is 10.0. The van der Waals surface area contributed by atoms with Gasteiger partial charge in [-0.3, -0.25) is 10.1 Å². The Morgan fingerprint density at radius 3 is 2.56 bits per heavy atom. The molecule has 0 aromatic heterocycles. The van der Waals surface area contributed by atoms with Crippen molar-refractivity contribution in [2.24, 2.45) is 0 Å². The molecule has 16 heavy (non-hydrogen) atoms. The zero-order chi connectivity index (χ0) is 11.9. The Morgan fingerprint density at radius 1 is 1.25 bits per heavy atom. The monoisotopic (exact) mass is 235 g/mol. The van der Waals surface area contributed by atoms with E-state index in [9.17, 15) is 10.1 Å². The van der Waals surface area contributed by atoms with Crippen molar-refractivity contribution in [1.29, 1.82) is 0 Å². The predicted molar refractivity (Wildman–Crippen MR) is 65.1 cm³/mol. The fraction of sp³-hybridized carbons (Fsp3) is 0.167. The van der Waals surface area contributed by atoms with Crippen LogP contribution in [0.3, 0.4) is 0 Å². The summed E-state index contributed by atoms with van der Waals surface area (Å²) in [5.74, 6) is 0. The summed E-state index contributed by atoms with van der Waals surface area (Å²) in [4.78, 5) is 10.7. The van der Waals surface area contributed by atoms with E-state index in [1.807, 2.05) is 13.0 Å². The van der Waals surface area contributed by atoms with E-state index in [1.54, 1.807) is 25.1 Å². The molecule has 0 aliphatic carbocycles. The van der Waals surface area contributed by atoms with Gasteiger partial charge < -0.3 is 0 Å². The third kappa shape index (κ3) is 1.53. The summed E-state index contributed by atoms with van der Waals surface area (Å²) < 4.78 is 0. The van der Waals surface area contributed by atoms with Crippen molar-refractivity contribution in [3.63, 3.8) is 0 Å². The number of fused-ring (bicyclic) bond motifs is 1. The van der Waals surface area contributed by atoms with Gasteiger partial charge in [0.05, 0.1) is 10.3 Å². The minimum absolute atomic E-state index is 0.142. The maximum atomic E-state index is 11.0. The van der Waals surface area contributed by atoms with Gasteiger partial charge in [-0.1, -0.05) is 23.7 Å². The van der Waals surface area contributed by atoms with Gasteiger partial charge in [0.2, 0.25) is 0 Å². The van der Waals surface area contributed by atoms with Crippen LogP contribution in [0.25, 0.3) is 10.8 Å². The van der Waals surface area contributed by atoms with E-state index in [-0.39, 0.29) is 10.6 Å². The second-order valence-corrected chi connectivity index (χ2v) is 4.19. The number of hydrogen-bond donors (Lipinski definition) is 0. The zero-order valence-electron chi connectivity index (χ0n) is 8.95. The summed E-state index contributed by atoms with van der Waals surface area (Å²) in [6.07, 6.45) is 0. The number of hydrogen-bond acceptors (Lipinski definition) is 2. The van der Waals surface area contributed by atoms with E-state index >= 15 is 0 Å². The van der Waals surface area contributed by atoms with E-state index in [0.29, 0.717) is 16.0 Å². The van der Waals surface area contributed by atoms with Gasteiger partial charge in [0, 0.05) is 16.0 Å². The summed E-state index contributed by atoms with van der Waals surface area (Å²) in [6, 6.07) is 7.09. The Hall–Kier alpha value is -1.61. The molecule has 3 nitrogen and oxygen atoms in total. The van der Waals surface area contributed by atoms with Gasteiger partial charge in [-0.25, -0.2) is 0 Å². The van der Waals surface area contributed by atoms with Crippen LogP contribution in [0.1, 0.15) is 11.1 Å². The first kappa shape index (κ1) is 10.9. The maximum Gasteiger partial charge on any atom is 0.280 e. The van der Waals surface area contributed by atoms with E-state index in [0.717, 1.165) is 10.9 Å². The molecule has 0 saturated heterocycles. The van der Waals surface area contributed by atoms with E-state index in [1.165, 1.54) is 0 Å². The van der Waals surface area contributed by atoms with Crippen LogP contribution in [0.4, 0.5) is 5.69 Å². The molecule has 0 aliphatic heterocycles. The molecular formula is C12H10ClNO2. The quantitative estimate of drug-likeness (QED) is 0.554. The van der Waals surface area contributed by atoms with Crippen LogP contribution in [0.15, 0.2) is 24.3 Å². The van der Waals surface area contributed by atoms with Gasteiger partial charge in [-0.05, 0) is 31.5 Å². The van der Waals surface area contributed by atoms with Crippen molar-refractivity contribution >= 4 is 28.1 Å². The summed E-state index contributed by atoms with van der Waals surface area (Å²) in [7, 11) is 0. The maximum absolute atomic E-state index is 11.0. The van der Waals surface area contributed by atoms with Gasteiger partial charge in [0.1, 0.15) is 0 Å². The second kappa shape index (κ2) is 3.76. The minimum atomic E-state index is -0.354. The first-order chi connectivity index (χ1) is 7.52. The number of nitrogens with zero attached hydrogens (tertiary/aromatic N) is 1. The fourth-order valence-electron chi connectivity index (χ4n) is 1.97. The number of rotatable bonds is 1. The summed E-state index contributed by atoms with van der Waals surface area (Å²) in [5, 5.41) is 13.0. The van der Waals surface area contributed by atoms with Crippen molar-refractivity contribution < 1.29 is 4.92 Å². The number of nitro groups is 1. The van der Waals surface area contributed by atoms with Crippen LogP contribution in [-0.2, 0) is 0 Å². The van der Waals surface area contributed by atoms with Crippen LogP contribution in [0.2, 0.25) is 5.02 Å². The Bertz CT molecular complexity index is 593. The molecule has 0 aliphatic rings. The van der Waals surface area contributed by atoms with Crippen molar-refractivity contribution in [3.8, 4) is 0 Å². The summed E-state index contributed by atoms with van der Waals surface area (Å²) >= 11 is 6.12. The highest BCUT2D eigenvalue weighted by molar-refractivity contribution is 6.36. The lowest BCUT2D eigenvalue weighted by molar-refractivity contribution is -0.383. The molecule has 0 unspecified atom stereocenters. The Balaban J connectivity index is 3.02. The highest BCUT2D eigenvalue weighted by Crippen LogP contribution is 2.36. The molecule has 4 heteroatoms. The topological polar surface area (TPSA) is 43.1 Å². The molecule has 0 amide bonds. The lowest BCUT2D eigenvalue weighted by Gasteiger charge is -2.07. The average Bonchev–Trinajstić information content (AvgIpc) is 2.15. The van der Waals surface area contributed by atoms with Gasteiger partial charge in [0.15, 0.2) is 0 Å². The molecule has 82 valence electrons. The molecule has 0 spiro atoms. The number of aryl methyl sites for hydroxylation is 2. The molecule has 0 N–H and O–H groups in total. The average molecular weight is 236 g/mol. The number of benzene rings is 2. The molecule has 0 atom stereocenters. The van der Waals surface area contributed by atoms with Crippen LogP contribution >= 0.6 is 11.6 Å². The van der Waals surface area contributed by atoms with E-state index in [4.69, 9.17) is 11.6 Å². The third-order valence-corrected chi connectivity index (χ3v) is 2.96. The Kier molecular flexibility index (Phi) is 2.56. The summed E-state index contributed by atoms with van der Waals surface area (Å²) in [6.45, 7) is 3.60. The molecule has 0 radical (unpaired) electrons. The molecule has 0 bridgehead atoms. The van der Waals surface area contributed by atoms with Crippen molar-refractivity contribution in [3.05, 3.63) is 50.5 Å². The van der Waals surface area contributed by atoms with Gasteiger partial charge in [-0.2, -0.15) is 0 Å². The molecule has 0 heterocycles. The van der Waals surface area contributed by atoms with Crippen molar-refractivity contribution in [1.82, 2.24) is 0 Å². The van der Waals surface area contributed by atoms with Gasteiger partial charge in [0.25, 0.3) is 5.69 Å². The van der Waals surface area contributed by atoms with Crippen molar-refractivity contribution in [2.45, 2.75) is 13.8 Å². The molecule has 2 aromatic carbocycles. The zero-order valence-corrected chi connectivity index (χ0v) is 9.71. The molecule has 0 fully saturated rings. The first-order valence-corrected chi connectivity index (χ1v) is 5.23. The van der Waals surface area contributed by atoms with Crippen LogP contribution in [-0.4, -0.2) is 4.92 Å². The first-order valence-electron chi connectivity index (χ1n) is 4.85. The molecule has 2 rings (SSSR count). The molecule has 0 saturated carbocycles.